The Morgan fingerprint density at radius 1 is 1.24 bits per heavy atom. The summed E-state index contributed by atoms with van der Waals surface area (Å²) < 4.78 is 6.97. The van der Waals surface area contributed by atoms with Gasteiger partial charge in [-0.15, -0.1) is 0 Å². The highest BCUT2D eigenvalue weighted by Gasteiger charge is 2.11. The Balaban J connectivity index is 2.04. The van der Waals surface area contributed by atoms with Crippen LogP contribution in [0.2, 0.25) is 0 Å². The van der Waals surface area contributed by atoms with E-state index in [-0.39, 0.29) is 6.04 Å². The molecule has 1 N–H and O–H groups in total. The van der Waals surface area contributed by atoms with Crippen LogP contribution in [0.4, 0.5) is 0 Å². The fraction of sp³-hybridized carbons (Fsp3) is 0.353. The van der Waals surface area contributed by atoms with Crippen LogP contribution in [0.25, 0.3) is 0 Å². The van der Waals surface area contributed by atoms with E-state index in [1.54, 1.807) is 6.20 Å². The largest absolute Gasteiger partial charge is 0.473 e. The van der Waals surface area contributed by atoms with Gasteiger partial charge in [-0.05, 0) is 43.7 Å². The molecule has 0 aliphatic carbocycles. The van der Waals surface area contributed by atoms with Crippen LogP contribution in [0.5, 0.6) is 5.88 Å². The van der Waals surface area contributed by atoms with Gasteiger partial charge in [0.2, 0.25) is 5.88 Å². The predicted molar refractivity (Wildman–Crippen MR) is 89.4 cm³/mol. The van der Waals surface area contributed by atoms with Gasteiger partial charge in [0.25, 0.3) is 0 Å². The maximum absolute atomic E-state index is 5.90. The maximum atomic E-state index is 5.90. The topological polar surface area (TPSA) is 34.2 Å². The molecular weight excluding hydrogens is 328 g/mol. The van der Waals surface area contributed by atoms with Gasteiger partial charge < -0.3 is 10.1 Å². The molecule has 0 fully saturated rings. The van der Waals surface area contributed by atoms with Gasteiger partial charge in [0.15, 0.2) is 0 Å². The van der Waals surface area contributed by atoms with Crippen LogP contribution in [0.1, 0.15) is 37.4 Å². The van der Waals surface area contributed by atoms with Gasteiger partial charge in [-0.3, -0.25) is 0 Å². The van der Waals surface area contributed by atoms with Gasteiger partial charge in [0.1, 0.15) is 6.61 Å². The van der Waals surface area contributed by atoms with Crippen LogP contribution in [0.15, 0.2) is 47.1 Å². The second kappa shape index (κ2) is 8.15. The molecule has 1 unspecified atom stereocenters. The highest BCUT2D eigenvalue weighted by Crippen LogP contribution is 2.23. The molecule has 0 amide bonds. The third-order valence-corrected chi connectivity index (χ3v) is 3.79. The third-order valence-electron chi connectivity index (χ3n) is 3.26. The number of halogens is 1. The summed E-state index contributed by atoms with van der Waals surface area (Å²) in [5, 5.41) is 3.47. The molecule has 0 saturated heterocycles. The van der Waals surface area contributed by atoms with Crippen molar-refractivity contribution in [3.8, 4) is 5.88 Å². The number of pyridine rings is 1. The average molecular weight is 349 g/mol. The standard InChI is InChI=1S/C17H21BrN2O/c1-3-10-19-13(2)16-5-4-11-20-17(16)21-12-14-6-8-15(18)9-7-14/h4-9,11,13,19H,3,10,12H2,1-2H3. The van der Waals surface area contributed by atoms with Crippen molar-refractivity contribution in [2.45, 2.75) is 32.9 Å². The smallest absolute Gasteiger partial charge is 0.218 e. The second-order valence-corrected chi connectivity index (χ2v) is 5.90. The summed E-state index contributed by atoms with van der Waals surface area (Å²) >= 11 is 3.43. The van der Waals surface area contributed by atoms with E-state index in [0.717, 1.165) is 28.6 Å². The van der Waals surface area contributed by atoms with Crippen molar-refractivity contribution in [2.24, 2.45) is 0 Å². The van der Waals surface area contributed by atoms with Gasteiger partial charge in [0, 0.05) is 22.3 Å². The summed E-state index contributed by atoms with van der Waals surface area (Å²) in [5.41, 5.74) is 2.23. The molecule has 2 aromatic rings. The molecule has 0 aliphatic rings. The lowest BCUT2D eigenvalue weighted by Crippen LogP contribution is -2.20. The molecule has 112 valence electrons. The molecule has 0 bridgehead atoms. The first kappa shape index (κ1) is 16.0. The molecule has 4 heteroatoms. The molecule has 0 spiro atoms. The van der Waals surface area contributed by atoms with E-state index in [1.807, 2.05) is 30.3 Å². The molecular formula is C17H21BrN2O. The summed E-state index contributed by atoms with van der Waals surface area (Å²) in [6, 6.07) is 12.4. The van der Waals surface area contributed by atoms with Crippen LogP contribution in [0.3, 0.4) is 0 Å². The molecule has 2 rings (SSSR count). The van der Waals surface area contributed by atoms with Crippen molar-refractivity contribution in [1.29, 1.82) is 0 Å². The van der Waals surface area contributed by atoms with Crippen LogP contribution in [0, 0.1) is 0 Å². The quantitative estimate of drug-likeness (QED) is 0.800. The Labute approximate surface area is 134 Å². The Hall–Kier alpha value is -1.39. The first-order valence-corrected chi connectivity index (χ1v) is 8.05. The fourth-order valence-corrected chi connectivity index (χ4v) is 2.32. The zero-order valence-electron chi connectivity index (χ0n) is 12.5. The first-order chi connectivity index (χ1) is 10.2. The number of rotatable bonds is 7. The summed E-state index contributed by atoms with van der Waals surface area (Å²) in [5.74, 6) is 0.705. The Morgan fingerprint density at radius 3 is 2.71 bits per heavy atom. The number of hydrogen-bond donors (Lipinski definition) is 1. The lowest BCUT2D eigenvalue weighted by molar-refractivity contribution is 0.287. The normalized spacial score (nSPS) is 12.1. The lowest BCUT2D eigenvalue weighted by Gasteiger charge is -2.17. The zero-order chi connectivity index (χ0) is 15.1. The van der Waals surface area contributed by atoms with Gasteiger partial charge >= 0.3 is 0 Å². The Bertz CT molecular complexity index is 557. The minimum Gasteiger partial charge on any atom is -0.473 e. The molecule has 0 radical (unpaired) electrons. The van der Waals surface area contributed by atoms with Crippen LogP contribution in [-0.4, -0.2) is 11.5 Å². The number of nitrogens with zero attached hydrogens (tertiary/aromatic N) is 1. The second-order valence-electron chi connectivity index (χ2n) is 4.99. The molecule has 1 aromatic heterocycles. The van der Waals surface area contributed by atoms with Crippen molar-refractivity contribution >= 4 is 15.9 Å². The fourth-order valence-electron chi connectivity index (χ4n) is 2.06. The van der Waals surface area contributed by atoms with Crippen LogP contribution >= 0.6 is 15.9 Å². The minimum atomic E-state index is 0.235. The highest BCUT2D eigenvalue weighted by molar-refractivity contribution is 9.10. The summed E-state index contributed by atoms with van der Waals surface area (Å²) in [6.45, 7) is 5.81. The van der Waals surface area contributed by atoms with E-state index in [1.165, 1.54) is 0 Å². The van der Waals surface area contributed by atoms with Crippen LogP contribution < -0.4 is 10.1 Å². The number of ether oxygens (including phenoxy) is 1. The van der Waals surface area contributed by atoms with Crippen molar-refractivity contribution < 1.29 is 4.74 Å². The average Bonchev–Trinajstić information content (AvgIpc) is 2.52. The molecule has 1 atom stereocenters. The molecule has 1 aromatic carbocycles. The Morgan fingerprint density at radius 2 is 2.00 bits per heavy atom. The number of benzene rings is 1. The van der Waals surface area contributed by atoms with Crippen molar-refractivity contribution in [3.05, 3.63) is 58.2 Å². The van der Waals surface area contributed by atoms with Gasteiger partial charge in [-0.2, -0.15) is 0 Å². The Kier molecular flexibility index (Phi) is 6.21. The van der Waals surface area contributed by atoms with Crippen LogP contribution in [-0.2, 0) is 6.61 Å². The van der Waals surface area contributed by atoms with E-state index >= 15 is 0 Å². The number of aromatic nitrogens is 1. The first-order valence-electron chi connectivity index (χ1n) is 7.26. The van der Waals surface area contributed by atoms with E-state index < -0.39 is 0 Å². The van der Waals surface area contributed by atoms with Crippen molar-refractivity contribution in [2.75, 3.05) is 6.54 Å². The molecule has 0 saturated carbocycles. The minimum absolute atomic E-state index is 0.235. The molecule has 3 nitrogen and oxygen atoms in total. The molecule has 0 aliphatic heterocycles. The SMILES string of the molecule is CCCNC(C)c1cccnc1OCc1ccc(Br)cc1. The zero-order valence-corrected chi connectivity index (χ0v) is 14.1. The molecule has 1 heterocycles. The van der Waals surface area contributed by atoms with Gasteiger partial charge in [0.05, 0.1) is 0 Å². The monoisotopic (exact) mass is 348 g/mol. The maximum Gasteiger partial charge on any atom is 0.218 e. The molecule has 21 heavy (non-hydrogen) atoms. The summed E-state index contributed by atoms with van der Waals surface area (Å²) in [4.78, 5) is 4.37. The lowest BCUT2D eigenvalue weighted by atomic mass is 10.1. The highest BCUT2D eigenvalue weighted by atomic mass is 79.9. The number of nitrogens with one attached hydrogen (secondary N) is 1. The van der Waals surface area contributed by atoms with Crippen molar-refractivity contribution in [3.63, 3.8) is 0 Å². The number of hydrogen-bond acceptors (Lipinski definition) is 3. The van der Waals surface area contributed by atoms with E-state index in [0.29, 0.717) is 12.5 Å². The van der Waals surface area contributed by atoms with Crippen molar-refractivity contribution in [1.82, 2.24) is 10.3 Å². The van der Waals surface area contributed by atoms with E-state index in [2.05, 4.69) is 46.1 Å². The van der Waals surface area contributed by atoms with Gasteiger partial charge in [-0.25, -0.2) is 4.98 Å². The van der Waals surface area contributed by atoms with E-state index in [4.69, 9.17) is 4.74 Å². The van der Waals surface area contributed by atoms with Gasteiger partial charge in [-0.1, -0.05) is 41.1 Å². The third kappa shape index (κ3) is 4.83. The summed E-state index contributed by atoms with van der Waals surface area (Å²) in [6.07, 6.45) is 2.88. The van der Waals surface area contributed by atoms with E-state index in [9.17, 15) is 0 Å². The predicted octanol–water partition coefficient (Wildman–Crippen LogP) is 4.48. The summed E-state index contributed by atoms with van der Waals surface area (Å²) in [7, 11) is 0.